The third kappa shape index (κ3) is 12.9. The number of hydrogen-bond acceptors (Lipinski definition) is 0. The van der Waals surface area contributed by atoms with Crippen LogP contribution in [0.4, 0.5) is 0 Å². The fourth-order valence-electron chi connectivity index (χ4n) is 0.434. The van der Waals surface area contributed by atoms with Gasteiger partial charge in [0.1, 0.15) is 0 Å². The van der Waals surface area contributed by atoms with Gasteiger partial charge in [-0.05, 0) is 5.33 Å². The van der Waals surface area contributed by atoms with Crippen molar-refractivity contribution in [1.29, 1.82) is 0 Å². The molecular formula is C10H10Br2Y-2. The Bertz CT molecular complexity index is 209. The van der Waals surface area contributed by atoms with Gasteiger partial charge in [0.2, 0.25) is 0 Å². The van der Waals surface area contributed by atoms with Crippen LogP contribution in [-0.2, 0) is 32.7 Å². The molecule has 0 fully saturated rings. The number of benzene rings is 1. The van der Waals surface area contributed by atoms with Crippen LogP contribution in [-0.4, -0.2) is 5.33 Å². The summed E-state index contributed by atoms with van der Waals surface area (Å²) in [5.74, 6) is 0. The first-order valence-electron chi connectivity index (χ1n) is 3.43. The second-order valence-corrected chi connectivity index (χ2v) is 3.34. The van der Waals surface area contributed by atoms with Gasteiger partial charge in [0, 0.05) is 32.7 Å². The molecule has 0 bridgehead atoms. The molecule has 13 heavy (non-hydrogen) atoms. The predicted octanol–water partition coefficient (Wildman–Crippen LogP) is 4.02. The summed E-state index contributed by atoms with van der Waals surface area (Å²) in [6, 6.07) is 10.7. The van der Waals surface area contributed by atoms with Crippen LogP contribution in [0.3, 0.4) is 0 Å². The van der Waals surface area contributed by atoms with Gasteiger partial charge in [-0.1, -0.05) is 20.4 Å². The molecule has 0 aromatic heterocycles. The molecule has 0 heterocycles. The zero-order valence-corrected chi connectivity index (χ0v) is 13.2. The van der Waals surface area contributed by atoms with Gasteiger partial charge in [-0.25, -0.2) is 19.1 Å². The first-order valence-corrected chi connectivity index (χ1v) is 5.35. The molecule has 69 valence electrons. The van der Waals surface area contributed by atoms with Crippen LogP contribution in [0, 0.1) is 13.0 Å². The van der Waals surface area contributed by atoms with Gasteiger partial charge < -0.3 is 0 Å². The maximum atomic E-state index is 3.46. The van der Waals surface area contributed by atoms with E-state index in [9.17, 15) is 0 Å². The molecule has 0 saturated heterocycles. The number of alkyl halides is 1. The Morgan fingerprint density at radius 1 is 1.46 bits per heavy atom. The van der Waals surface area contributed by atoms with Crippen LogP contribution in [0.2, 0.25) is 0 Å². The minimum atomic E-state index is 0. The van der Waals surface area contributed by atoms with Gasteiger partial charge in [0.15, 0.2) is 0 Å². The number of allylic oxidation sites excluding steroid dienone is 2. The second-order valence-electron chi connectivity index (χ2n) is 1.84. The van der Waals surface area contributed by atoms with E-state index in [2.05, 4.69) is 44.8 Å². The molecule has 0 aliphatic heterocycles. The van der Waals surface area contributed by atoms with E-state index in [1.54, 1.807) is 6.08 Å². The third-order valence-corrected chi connectivity index (χ3v) is 1.79. The topological polar surface area (TPSA) is 0 Å². The molecular weight excluding hydrogens is 369 g/mol. The maximum Gasteiger partial charge on any atom is 0 e. The first kappa shape index (κ1) is 16.3. The zero-order valence-electron chi connectivity index (χ0n) is 7.21. The minimum Gasteiger partial charge on any atom is -0.245 e. The number of rotatable bonds is 1. The Hall–Kier alpha value is 0.894. The van der Waals surface area contributed by atoms with Crippen molar-refractivity contribution in [2.75, 3.05) is 5.33 Å². The quantitative estimate of drug-likeness (QED) is 0.511. The predicted molar refractivity (Wildman–Crippen MR) is 61.3 cm³/mol. The Balaban J connectivity index is 0. The van der Waals surface area contributed by atoms with Gasteiger partial charge in [-0.3, -0.25) is 0 Å². The molecule has 1 aromatic carbocycles. The summed E-state index contributed by atoms with van der Waals surface area (Å²) in [7, 11) is 0. The molecule has 0 amide bonds. The van der Waals surface area contributed by atoms with Gasteiger partial charge >= 0.3 is 0 Å². The van der Waals surface area contributed by atoms with E-state index in [1.807, 2.05) is 30.3 Å². The van der Waals surface area contributed by atoms with Crippen molar-refractivity contribution in [3.05, 3.63) is 53.9 Å². The van der Waals surface area contributed by atoms with Crippen LogP contribution in [0.25, 0.3) is 0 Å². The Morgan fingerprint density at radius 3 is 2.31 bits per heavy atom. The normalized spacial score (nSPS) is 8.46. The Labute approximate surface area is 122 Å². The molecule has 1 rings (SSSR count). The van der Waals surface area contributed by atoms with Crippen LogP contribution in [0.5, 0.6) is 0 Å². The van der Waals surface area contributed by atoms with Crippen molar-refractivity contribution in [2.45, 2.75) is 0 Å². The van der Waals surface area contributed by atoms with Crippen molar-refractivity contribution >= 4 is 31.9 Å². The average molecular weight is 379 g/mol. The van der Waals surface area contributed by atoms with Crippen molar-refractivity contribution in [3.63, 3.8) is 0 Å². The second kappa shape index (κ2) is 12.9. The molecule has 0 atom stereocenters. The largest absolute Gasteiger partial charge is 0.245 e. The van der Waals surface area contributed by atoms with E-state index >= 15 is 0 Å². The summed E-state index contributed by atoms with van der Waals surface area (Å²) >= 11 is 6.44. The molecule has 0 spiro atoms. The van der Waals surface area contributed by atoms with Crippen LogP contribution in [0.1, 0.15) is 0 Å². The summed E-state index contributed by atoms with van der Waals surface area (Å²) in [5, 5.41) is 0.913. The molecule has 0 saturated carbocycles. The molecule has 1 radical (unpaired) electrons. The molecule has 0 aliphatic carbocycles. The summed E-state index contributed by atoms with van der Waals surface area (Å²) in [4.78, 5) is 0. The smallest absolute Gasteiger partial charge is 0 e. The molecule has 0 aliphatic rings. The van der Waals surface area contributed by atoms with Gasteiger partial charge in [-0.2, -0.15) is 30.3 Å². The fourth-order valence-corrected chi connectivity index (χ4v) is 0.984. The zero-order chi connectivity index (χ0) is 9.23. The van der Waals surface area contributed by atoms with E-state index in [0.717, 1.165) is 9.80 Å². The summed E-state index contributed by atoms with van der Waals surface area (Å²) < 4.78 is 1.01. The summed E-state index contributed by atoms with van der Waals surface area (Å²) in [6.07, 6.45) is 3.69. The van der Waals surface area contributed by atoms with Gasteiger partial charge in [0.25, 0.3) is 0 Å². The standard InChI is InChI=1S/C6H4Br.C4H6Br.Y/c7-6-4-2-1-3-5-6;1-2-3-4-5;/h1-4H;2-3H,1,4H2;/q2*-1;/b;3-2+;. The summed E-state index contributed by atoms with van der Waals surface area (Å²) in [5.41, 5.74) is 0. The van der Waals surface area contributed by atoms with Gasteiger partial charge in [-0.15, -0.1) is 15.9 Å². The van der Waals surface area contributed by atoms with Crippen LogP contribution < -0.4 is 0 Å². The average Bonchev–Trinajstić information content (AvgIpc) is 2.08. The fraction of sp³-hybridized carbons (Fsp3) is 0.100. The van der Waals surface area contributed by atoms with E-state index in [0.29, 0.717) is 0 Å². The molecule has 0 nitrogen and oxygen atoms in total. The molecule has 0 N–H and O–H groups in total. The Kier molecular flexibility index (Phi) is 16.2. The van der Waals surface area contributed by atoms with Crippen molar-refractivity contribution in [1.82, 2.24) is 0 Å². The summed E-state index contributed by atoms with van der Waals surface area (Å²) in [6.45, 7) is 3.46. The monoisotopic (exact) mass is 377 g/mol. The van der Waals surface area contributed by atoms with Crippen LogP contribution in [0.15, 0.2) is 40.9 Å². The van der Waals surface area contributed by atoms with E-state index < -0.39 is 0 Å². The van der Waals surface area contributed by atoms with E-state index in [1.165, 1.54) is 0 Å². The Morgan fingerprint density at radius 2 is 2.15 bits per heavy atom. The first-order chi connectivity index (χ1) is 5.81. The minimum absolute atomic E-state index is 0. The SMILES string of the molecule is Brc1[c-]cccc1.[CH2-]/C=C/CBr.[Y]. The van der Waals surface area contributed by atoms with E-state index in [4.69, 9.17) is 0 Å². The number of hydrogen-bond donors (Lipinski definition) is 0. The third-order valence-electron chi connectivity index (χ3n) is 0.927. The number of halogens is 2. The van der Waals surface area contributed by atoms with Crippen molar-refractivity contribution < 1.29 is 32.7 Å². The molecule has 1 aromatic rings. The van der Waals surface area contributed by atoms with Crippen molar-refractivity contribution in [3.8, 4) is 0 Å². The van der Waals surface area contributed by atoms with Crippen LogP contribution >= 0.6 is 31.9 Å². The maximum absolute atomic E-state index is 3.46. The van der Waals surface area contributed by atoms with Crippen molar-refractivity contribution in [2.24, 2.45) is 0 Å². The molecule has 0 unspecified atom stereocenters. The van der Waals surface area contributed by atoms with E-state index in [-0.39, 0.29) is 32.7 Å². The molecule has 3 heteroatoms. The van der Waals surface area contributed by atoms with Gasteiger partial charge in [0.05, 0.1) is 0 Å².